The Morgan fingerprint density at radius 1 is 1.29 bits per heavy atom. The van der Waals surface area contributed by atoms with Crippen molar-refractivity contribution in [3.05, 3.63) is 63.0 Å². The minimum Gasteiger partial charge on any atom is -0.452 e. The van der Waals surface area contributed by atoms with E-state index < -0.39 is 5.97 Å². The lowest BCUT2D eigenvalue weighted by atomic mass is 10.2. The molecule has 0 aliphatic rings. The van der Waals surface area contributed by atoms with E-state index in [9.17, 15) is 9.59 Å². The highest BCUT2D eigenvalue weighted by Crippen LogP contribution is 2.15. The van der Waals surface area contributed by atoms with E-state index in [0.717, 1.165) is 0 Å². The molecule has 2 aromatic heterocycles. The zero-order chi connectivity index (χ0) is 14.8. The predicted octanol–water partition coefficient (Wildman–Crippen LogP) is 2.64. The number of nitrogens with one attached hydrogen (secondary N) is 1. The van der Waals surface area contributed by atoms with E-state index in [2.05, 4.69) is 25.9 Å². The average Bonchev–Trinajstić information content (AvgIpc) is 2.91. The zero-order valence-corrected chi connectivity index (χ0v) is 12.2. The quantitative estimate of drug-likeness (QED) is 0.735. The van der Waals surface area contributed by atoms with Crippen LogP contribution in [0, 0.1) is 0 Å². The molecule has 0 atom stereocenters. The van der Waals surface area contributed by atoms with Gasteiger partial charge in [-0.1, -0.05) is 12.1 Å². The van der Waals surface area contributed by atoms with Crippen LogP contribution in [0.3, 0.4) is 0 Å². The van der Waals surface area contributed by atoms with Gasteiger partial charge in [0.15, 0.2) is 4.67 Å². The third-order valence-electron chi connectivity index (χ3n) is 2.78. The molecule has 1 aromatic carbocycles. The molecule has 3 rings (SSSR count). The van der Waals surface area contributed by atoms with Crippen LogP contribution in [0.2, 0.25) is 0 Å². The molecule has 0 aliphatic heterocycles. The molecule has 7 heteroatoms. The number of para-hydroxylation sites is 1. The van der Waals surface area contributed by atoms with Crippen molar-refractivity contribution >= 4 is 32.8 Å². The fourth-order valence-corrected chi connectivity index (χ4v) is 2.14. The molecule has 0 saturated heterocycles. The van der Waals surface area contributed by atoms with Crippen LogP contribution in [0.25, 0.3) is 10.9 Å². The van der Waals surface area contributed by atoms with Crippen LogP contribution < -0.4 is 5.56 Å². The molecule has 21 heavy (non-hydrogen) atoms. The van der Waals surface area contributed by atoms with Gasteiger partial charge < -0.3 is 14.1 Å². The largest absolute Gasteiger partial charge is 0.452 e. The van der Waals surface area contributed by atoms with E-state index in [1.807, 2.05) is 0 Å². The summed E-state index contributed by atoms with van der Waals surface area (Å²) in [4.78, 5) is 30.4. The number of ether oxygens (including phenoxy) is 1. The van der Waals surface area contributed by atoms with Crippen molar-refractivity contribution in [3.8, 4) is 0 Å². The lowest BCUT2D eigenvalue weighted by Gasteiger charge is -2.03. The minimum absolute atomic E-state index is 0.0741. The molecule has 0 amide bonds. The lowest BCUT2D eigenvalue weighted by Crippen LogP contribution is -2.14. The van der Waals surface area contributed by atoms with Gasteiger partial charge in [0.2, 0.25) is 5.76 Å². The summed E-state index contributed by atoms with van der Waals surface area (Å²) in [6, 6.07) is 10.0. The first-order valence-corrected chi connectivity index (χ1v) is 6.83. The topological polar surface area (TPSA) is 85.2 Å². The summed E-state index contributed by atoms with van der Waals surface area (Å²) in [7, 11) is 0. The number of halogens is 1. The zero-order valence-electron chi connectivity index (χ0n) is 10.6. The van der Waals surface area contributed by atoms with Gasteiger partial charge in [-0.25, -0.2) is 9.78 Å². The number of benzene rings is 1. The number of nitrogens with zero attached hydrogens (tertiary/aromatic N) is 1. The minimum atomic E-state index is -0.628. The van der Waals surface area contributed by atoms with E-state index >= 15 is 0 Å². The summed E-state index contributed by atoms with van der Waals surface area (Å²) in [5, 5.41) is 0.488. The first-order valence-electron chi connectivity index (χ1n) is 6.04. The van der Waals surface area contributed by atoms with Gasteiger partial charge >= 0.3 is 5.97 Å². The number of hydrogen-bond acceptors (Lipinski definition) is 5. The molecule has 0 spiro atoms. The number of aromatic amines is 1. The van der Waals surface area contributed by atoms with Crippen LogP contribution in [0.5, 0.6) is 0 Å². The van der Waals surface area contributed by atoms with Crippen LogP contribution in [0.4, 0.5) is 0 Å². The van der Waals surface area contributed by atoms with E-state index in [1.54, 1.807) is 30.3 Å². The molecule has 0 fully saturated rings. The molecule has 0 aliphatic carbocycles. The summed E-state index contributed by atoms with van der Waals surface area (Å²) >= 11 is 3.10. The highest BCUT2D eigenvalue weighted by Gasteiger charge is 2.13. The maximum absolute atomic E-state index is 11.9. The first kappa shape index (κ1) is 13.6. The number of carbonyl (C=O) groups is 1. The van der Waals surface area contributed by atoms with Crippen molar-refractivity contribution in [2.75, 3.05) is 0 Å². The van der Waals surface area contributed by atoms with Gasteiger partial charge in [0.1, 0.15) is 12.4 Å². The average molecular weight is 349 g/mol. The standard InChI is InChI=1S/C14H9BrN2O4/c15-11-6-5-10(21-11)14(19)20-7-12-16-9-4-2-1-3-8(9)13(18)17-12/h1-6H,7H2,(H,16,17,18). The molecule has 0 unspecified atom stereocenters. The van der Waals surface area contributed by atoms with Crippen molar-refractivity contribution in [1.82, 2.24) is 9.97 Å². The second-order valence-electron chi connectivity index (χ2n) is 4.21. The smallest absolute Gasteiger partial charge is 0.374 e. The van der Waals surface area contributed by atoms with E-state index in [1.165, 1.54) is 6.07 Å². The van der Waals surface area contributed by atoms with Gasteiger partial charge in [-0.05, 0) is 40.2 Å². The maximum atomic E-state index is 11.9. The summed E-state index contributed by atoms with van der Waals surface area (Å²) in [6.07, 6.45) is 0. The van der Waals surface area contributed by atoms with Gasteiger partial charge in [0.05, 0.1) is 10.9 Å². The third kappa shape index (κ3) is 2.87. The molecule has 6 nitrogen and oxygen atoms in total. The Balaban J connectivity index is 1.79. The number of furan rings is 1. The Bertz CT molecular complexity index is 869. The van der Waals surface area contributed by atoms with Crippen LogP contribution in [-0.2, 0) is 11.3 Å². The fraction of sp³-hybridized carbons (Fsp3) is 0.0714. The number of hydrogen-bond donors (Lipinski definition) is 1. The molecule has 0 radical (unpaired) electrons. The Morgan fingerprint density at radius 2 is 2.10 bits per heavy atom. The van der Waals surface area contributed by atoms with Crippen molar-refractivity contribution in [3.63, 3.8) is 0 Å². The highest BCUT2D eigenvalue weighted by atomic mass is 79.9. The van der Waals surface area contributed by atoms with Gasteiger partial charge in [-0.2, -0.15) is 0 Å². The number of aromatic nitrogens is 2. The Morgan fingerprint density at radius 3 is 2.86 bits per heavy atom. The monoisotopic (exact) mass is 348 g/mol. The second-order valence-corrected chi connectivity index (χ2v) is 4.99. The van der Waals surface area contributed by atoms with Gasteiger partial charge in [0.25, 0.3) is 5.56 Å². The third-order valence-corrected chi connectivity index (χ3v) is 3.20. The molecule has 0 bridgehead atoms. The van der Waals surface area contributed by atoms with Crippen LogP contribution in [0.15, 0.2) is 50.3 Å². The molecular formula is C14H9BrN2O4. The highest BCUT2D eigenvalue weighted by molar-refractivity contribution is 9.10. The van der Waals surface area contributed by atoms with E-state index in [0.29, 0.717) is 15.6 Å². The SMILES string of the molecule is O=C(OCc1nc2ccccc2c(=O)[nH]1)c1ccc(Br)o1. The second kappa shape index (κ2) is 5.53. The van der Waals surface area contributed by atoms with Crippen molar-refractivity contribution in [1.29, 1.82) is 0 Å². The van der Waals surface area contributed by atoms with Crippen LogP contribution in [0.1, 0.15) is 16.4 Å². The van der Waals surface area contributed by atoms with E-state index in [-0.39, 0.29) is 23.8 Å². The molecule has 2 heterocycles. The Labute approximate surface area is 126 Å². The predicted molar refractivity (Wildman–Crippen MR) is 77.9 cm³/mol. The number of rotatable bonds is 3. The lowest BCUT2D eigenvalue weighted by molar-refractivity contribution is 0.0424. The van der Waals surface area contributed by atoms with Gasteiger partial charge in [-0.3, -0.25) is 4.79 Å². The number of fused-ring (bicyclic) bond motifs is 1. The summed E-state index contributed by atoms with van der Waals surface area (Å²) in [5.41, 5.74) is 0.278. The first-order chi connectivity index (χ1) is 10.1. The maximum Gasteiger partial charge on any atom is 0.374 e. The van der Waals surface area contributed by atoms with Crippen molar-refractivity contribution < 1.29 is 13.9 Å². The molecule has 0 saturated carbocycles. The normalized spacial score (nSPS) is 10.7. The van der Waals surface area contributed by atoms with Gasteiger partial charge in [0, 0.05) is 0 Å². The summed E-state index contributed by atoms with van der Waals surface area (Å²) in [5.74, 6) is -0.279. The van der Waals surface area contributed by atoms with Crippen LogP contribution >= 0.6 is 15.9 Å². The Kier molecular flexibility index (Phi) is 3.57. The fourth-order valence-electron chi connectivity index (χ4n) is 1.83. The summed E-state index contributed by atoms with van der Waals surface area (Å²) in [6.45, 7) is -0.142. The van der Waals surface area contributed by atoms with Gasteiger partial charge in [-0.15, -0.1) is 0 Å². The number of carbonyl (C=O) groups excluding carboxylic acids is 1. The van der Waals surface area contributed by atoms with E-state index in [4.69, 9.17) is 9.15 Å². The Hall–Kier alpha value is -2.41. The summed E-state index contributed by atoms with van der Waals surface area (Å²) < 4.78 is 10.6. The molecular weight excluding hydrogens is 340 g/mol. The number of esters is 1. The molecule has 1 N–H and O–H groups in total. The molecule has 106 valence electrons. The molecule has 3 aromatic rings. The number of H-pyrrole nitrogens is 1. The van der Waals surface area contributed by atoms with Crippen molar-refractivity contribution in [2.45, 2.75) is 6.61 Å². The van der Waals surface area contributed by atoms with Crippen LogP contribution in [-0.4, -0.2) is 15.9 Å². The van der Waals surface area contributed by atoms with Crippen molar-refractivity contribution in [2.24, 2.45) is 0 Å².